The number of carbonyl (C=O) groups is 1. The number of halogens is 2. The minimum atomic E-state index is -0.784. The van der Waals surface area contributed by atoms with Crippen LogP contribution in [0.3, 0.4) is 0 Å². The molecule has 100 valence electrons. The molecule has 4 nitrogen and oxygen atoms in total. The van der Waals surface area contributed by atoms with E-state index in [4.69, 9.17) is 5.73 Å². The van der Waals surface area contributed by atoms with Crippen LogP contribution in [0.25, 0.3) is 0 Å². The molecular formula is C12H17F2N3O. The topological polar surface area (TPSA) is 58.4 Å². The third-order valence-electron chi connectivity index (χ3n) is 2.36. The second kappa shape index (κ2) is 7.03. The van der Waals surface area contributed by atoms with Gasteiger partial charge in [-0.2, -0.15) is 0 Å². The number of nitrogens with one attached hydrogen (secondary N) is 1. The molecule has 1 amide bonds. The Morgan fingerprint density at radius 3 is 2.78 bits per heavy atom. The van der Waals surface area contributed by atoms with Crippen LogP contribution in [-0.4, -0.2) is 37.5 Å². The van der Waals surface area contributed by atoms with Crippen LogP contribution < -0.4 is 11.1 Å². The molecule has 0 aromatic heterocycles. The van der Waals surface area contributed by atoms with Crippen molar-refractivity contribution in [2.45, 2.75) is 6.42 Å². The summed E-state index contributed by atoms with van der Waals surface area (Å²) in [5.41, 5.74) is 5.33. The molecule has 1 aromatic rings. The highest BCUT2D eigenvalue weighted by Crippen LogP contribution is 2.14. The number of benzene rings is 1. The Morgan fingerprint density at radius 1 is 1.44 bits per heavy atom. The summed E-state index contributed by atoms with van der Waals surface area (Å²) in [6.07, 6.45) is 0.786. The van der Waals surface area contributed by atoms with Crippen molar-refractivity contribution < 1.29 is 13.6 Å². The standard InChI is InChI=1S/C12H17F2N3O/c1-17(6-2-5-15)8-12(18)16-11-4-3-9(13)7-10(11)14/h3-4,7H,2,5-6,8,15H2,1H3,(H,16,18). The number of hydrogen-bond donors (Lipinski definition) is 2. The third kappa shape index (κ3) is 4.77. The van der Waals surface area contributed by atoms with Gasteiger partial charge in [-0.1, -0.05) is 0 Å². The van der Waals surface area contributed by atoms with Crippen LogP contribution in [-0.2, 0) is 4.79 Å². The maximum absolute atomic E-state index is 13.3. The lowest BCUT2D eigenvalue weighted by Gasteiger charge is -2.15. The molecule has 0 aliphatic carbocycles. The number of anilines is 1. The first kappa shape index (κ1) is 14.5. The summed E-state index contributed by atoms with van der Waals surface area (Å²) in [5.74, 6) is -1.81. The van der Waals surface area contributed by atoms with Gasteiger partial charge in [-0.25, -0.2) is 8.78 Å². The van der Waals surface area contributed by atoms with Crippen molar-refractivity contribution in [2.75, 3.05) is 32.0 Å². The maximum atomic E-state index is 13.3. The van der Waals surface area contributed by atoms with E-state index in [0.717, 1.165) is 18.6 Å². The molecule has 0 saturated carbocycles. The van der Waals surface area contributed by atoms with Crippen molar-refractivity contribution >= 4 is 11.6 Å². The Morgan fingerprint density at radius 2 is 2.17 bits per heavy atom. The van der Waals surface area contributed by atoms with Crippen LogP contribution >= 0.6 is 0 Å². The van der Waals surface area contributed by atoms with Crippen molar-refractivity contribution in [3.8, 4) is 0 Å². The fraction of sp³-hybridized carbons (Fsp3) is 0.417. The quantitative estimate of drug-likeness (QED) is 0.804. The minimum Gasteiger partial charge on any atom is -0.330 e. The highest BCUT2D eigenvalue weighted by atomic mass is 19.1. The van der Waals surface area contributed by atoms with E-state index < -0.39 is 11.6 Å². The third-order valence-corrected chi connectivity index (χ3v) is 2.36. The Labute approximate surface area is 105 Å². The molecule has 0 saturated heterocycles. The Balaban J connectivity index is 2.49. The van der Waals surface area contributed by atoms with E-state index in [1.54, 1.807) is 11.9 Å². The van der Waals surface area contributed by atoms with E-state index in [9.17, 15) is 13.6 Å². The molecule has 0 bridgehead atoms. The Hall–Kier alpha value is -1.53. The molecule has 0 radical (unpaired) electrons. The number of amides is 1. The molecule has 0 aliphatic heterocycles. The van der Waals surface area contributed by atoms with E-state index in [1.807, 2.05) is 0 Å². The van der Waals surface area contributed by atoms with Crippen molar-refractivity contribution in [2.24, 2.45) is 5.73 Å². The van der Waals surface area contributed by atoms with Gasteiger partial charge in [-0.15, -0.1) is 0 Å². The van der Waals surface area contributed by atoms with Gasteiger partial charge < -0.3 is 11.1 Å². The first-order valence-corrected chi connectivity index (χ1v) is 5.66. The van der Waals surface area contributed by atoms with E-state index in [1.165, 1.54) is 6.07 Å². The molecule has 1 rings (SSSR count). The van der Waals surface area contributed by atoms with Gasteiger partial charge >= 0.3 is 0 Å². The van der Waals surface area contributed by atoms with Gasteiger partial charge in [-0.05, 0) is 38.7 Å². The number of rotatable bonds is 6. The van der Waals surface area contributed by atoms with Gasteiger partial charge in [0.25, 0.3) is 0 Å². The fourth-order valence-corrected chi connectivity index (χ4v) is 1.47. The van der Waals surface area contributed by atoms with Crippen LogP contribution in [0.15, 0.2) is 18.2 Å². The smallest absolute Gasteiger partial charge is 0.238 e. The summed E-state index contributed by atoms with van der Waals surface area (Å²) >= 11 is 0. The minimum absolute atomic E-state index is 0.0198. The van der Waals surface area contributed by atoms with Crippen molar-refractivity contribution in [3.63, 3.8) is 0 Å². The monoisotopic (exact) mass is 257 g/mol. The molecule has 0 heterocycles. The lowest BCUT2D eigenvalue weighted by molar-refractivity contribution is -0.117. The van der Waals surface area contributed by atoms with Gasteiger partial charge in [0, 0.05) is 6.07 Å². The summed E-state index contributed by atoms with van der Waals surface area (Å²) in [5, 5.41) is 2.39. The predicted octanol–water partition coefficient (Wildman–Crippen LogP) is 1.18. The van der Waals surface area contributed by atoms with E-state index >= 15 is 0 Å². The molecule has 18 heavy (non-hydrogen) atoms. The molecule has 0 fully saturated rings. The van der Waals surface area contributed by atoms with E-state index in [-0.39, 0.29) is 18.1 Å². The Bertz CT molecular complexity index is 412. The summed E-state index contributed by atoms with van der Waals surface area (Å²) < 4.78 is 25.9. The maximum Gasteiger partial charge on any atom is 0.238 e. The summed E-state index contributed by atoms with van der Waals surface area (Å²) in [6, 6.07) is 3.02. The second-order valence-electron chi connectivity index (χ2n) is 4.05. The first-order valence-electron chi connectivity index (χ1n) is 5.66. The predicted molar refractivity (Wildman–Crippen MR) is 66.2 cm³/mol. The van der Waals surface area contributed by atoms with E-state index in [2.05, 4.69) is 5.32 Å². The molecular weight excluding hydrogens is 240 g/mol. The van der Waals surface area contributed by atoms with Gasteiger partial charge in [0.2, 0.25) is 5.91 Å². The summed E-state index contributed by atoms with van der Waals surface area (Å²) in [4.78, 5) is 13.4. The molecule has 0 unspecified atom stereocenters. The zero-order valence-corrected chi connectivity index (χ0v) is 10.2. The van der Waals surface area contributed by atoms with Crippen LogP contribution in [0.5, 0.6) is 0 Å². The number of nitrogens with zero attached hydrogens (tertiary/aromatic N) is 1. The van der Waals surface area contributed by atoms with Gasteiger partial charge in [0.1, 0.15) is 11.6 Å². The largest absolute Gasteiger partial charge is 0.330 e. The Kier molecular flexibility index (Phi) is 5.67. The number of hydrogen-bond acceptors (Lipinski definition) is 3. The van der Waals surface area contributed by atoms with Gasteiger partial charge in [-0.3, -0.25) is 9.69 Å². The van der Waals surface area contributed by atoms with Gasteiger partial charge in [0.05, 0.1) is 12.2 Å². The first-order chi connectivity index (χ1) is 8.52. The second-order valence-corrected chi connectivity index (χ2v) is 4.05. The number of carbonyl (C=O) groups excluding carboxylic acids is 1. The zero-order chi connectivity index (χ0) is 13.5. The average molecular weight is 257 g/mol. The highest BCUT2D eigenvalue weighted by molar-refractivity contribution is 5.92. The van der Waals surface area contributed by atoms with Crippen molar-refractivity contribution in [1.29, 1.82) is 0 Å². The molecule has 6 heteroatoms. The zero-order valence-electron chi connectivity index (χ0n) is 10.2. The highest BCUT2D eigenvalue weighted by Gasteiger charge is 2.09. The molecule has 0 aliphatic rings. The normalized spacial score (nSPS) is 10.7. The molecule has 0 spiro atoms. The lowest BCUT2D eigenvalue weighted by Crippen LogP contribution is -2.31. The summed E-state index contributed by atoms with van der Waals surface area (Å²) in [7, 11) is 1.77. The van der Waals surface area contributed by atoms with Crippen molar-refractivity contribution in [3.05, 3.63) is 29.8 Å². The van der Waals surface area contributed by atoms with Crippen LogP contribution in [0.4, 0.5) is 14.5 Å². The number of nitrogens with two attached hydrogens (primary N) is 1. The number of likely N-dealkylation sites (N-methyl/N-ethyl adjacent to an activating group) is 1. The average Bonchev–Trinajstić information content (AvgIpc) is 2.30. The van der Waals surface area contributed by atoms with E-state index in [0.29, 0.717) is 13.1 Å². The van der Waals surface area contributed by atoms with Crippen molar-refractivity contribution in [1.82, 2.24) is 4.90 Å². The van der Waals surface area contributed by atoms with Gasteiger partial charge in [0.15, 0.2) is 0 Å². The molecule has 0 atom stereocenters. The molecule has 3 N–H and O–H groups in total. The lowest BCUT2D eigenvalue weighted by atomic mass is 10.3. The SMILES string of the molecule is CN(CCCN)CC(=O)Nc1ccc(F)cc1F. The summed E-state index contributed by atoms with van der Waals surface area (Å²) in [6.45, 7) is 1.38. The van der Waals surface area contributed by atoms with Crippen LogP contribution in [0.2, 0.25) is 0 Å². The molecule has 1 aromatic carbocycles. The van der Waals surface area contributed by atoms with Crippen LogP contribution in [0.1, 0.15) is 6.42 Å². The van der Waals surface area contributed by atoms with Crippen LogP contribution in [0, 0.1) is 11.6 Å². The fourth-order valence-electron chi connectivity index (χ4n) is 1.47.